The average molecular weight is 386 g/mol. The Balaban J connectivity index is 2.08. The Labute approximate surface area is 140 Å². The van der Waals surface area contributed by atoms with Gasteiger partial charge in [0.05, 0.1) is 6.07 Å². The molecule has 1 aromatic rings. The van der Waals surface area contributed by atoms with Crippen molar-refractivity contribution >= 4 is 32.9 Å². The molecule has 116 valence electrons. The van der Waals surface area contributed by atoms with E-state index >= 15 is 0 Å². The van der Waals surface area contributed by atoms with Crippen LogP contribution in [-0.4, -0.2) is 16.6 Å². The quantitative estimate of drug-likeness (QED) is 0.855. The van der Waals surface area contributed by atoms with Gasteiger partial charge in [-0.25, -0.2) is 13.8 Å². The van der Waals surface area contributed by atoms with E-state index in [-0.39, 0.29) is 21.4 Å². The summed E-state index contributed by atoms with van der Waals surface area (Å²) in [6, 6.07) is 6.58. The molecular formula is C15H14BrF2N3S. The van der Waals surface area contributed by atoms with Crippen LogP contribution in [0.2, 0.25) is 0 Å². The molecule has 0 unspecified atom stereocenters. The number of alkyl halides is 1. The van der Waals surface area contributed by atoms with E-state index in [9.17, 15) is 8.78 Å². The van der Waals surface area contributed by atoms with Crippen LogP contribution in [0.1, 0.15) is 24.8 Å². The number of fused-ring (bicyclic) bond motifs is 1. The van der Waals surface area contributed by atoms with E-state index in [4.69, 9.17) is 11.0 Å². The molecular weight excluding hydrogens is 372 g/mol. The van der Waals surface area contributed by atoms with E-state index < -0.39 is 18.0 Å². The van der Waals surface area contributed by atoms with Gasteiger partial charge < -0.3 is 5.73 Å². The van der Waals surface area contributed by atoms with Crippen LogP contribution < -0.4 is 5.73 Å². The first-order valence-electron chi connectivity index (χ1n) is 6.90. The van der Waals surface area contributed by atoms with Crippen molar-refractivity contribution in [2.24, 2.45) is 16.6 Å². The summed E-state index contributed by atoms with van der Waals surface area (Å²) < 4.78 is 28.8. The zero-order valence-corrected chi connectivity index (χ0v) is 14.1. The van der Waals surface area contributed by atoms with E-state index in [2.05, 4.69) is 27.0 Å². The normalized spacial score (nSPS) is 32.8. The van der Waals surface area contributed by atoms with Gasteiger partial charge in [-0.1, -0.05) is 27.7 Å². The van der Waals surface area contributed by atoms with Crippen LogP contribution in [0.3, 0.4) is 0 Å². The minimum Gasteiger partial charge on any atom is -0.378 e. The molecule has 1 aromatic carbocycles. The summed E-state index contributed by atoms with van der Waals surface area (Å²) in [6.07, 6.45) is 1.69. The standard InChI is InChI=1S/C15H14BrF2N3S/c16-9-2-3-11(18)10(6-9)15(8-17)12-7-14(12,4-1-5-19)22-13(20)21-15/h2-3,6,12H,1,4,7-8H2,(H2,20,21)/t12-,14-,15-/m1/s1. The number of nitriles is 1. The third-order valence-electron chi connectivity index (χ3n) is 4.48. The van der Waals surface area contributed by atoms with Crippen LogP contribution in [0, 0.1) is 23.1 Å². The Morgan fingerprint density at radius 2 is 2.32 bits per heavy atom. The van der Waals surface area contributed by atoms with Gasteiger partial charge in [-0.2, -0.15) is 5.26 Å². The SMILES string of the molecule is N#CCC[C@@]12C[C@H]1[C@@](CF)(c1cc(Br)ccc1F)N=C(N)S2. The van der Waals surface area contributed by atoms with E-state index in [1.165, 1.54) is 17.8 Å². The topological polar surface area (TPSA) is 62.2 Å². The molecule has 0 spiro atoms. The maximum absolute atomic E-state index is 14.3. The number of rotatable bonds is 4. The monoisotopic (exact) mass is 385 g/mol. The van der Waals surface area contributed by atoms with E-state index in [0.29, 0.717) is 23.7 Å². The van der Waals surface area contributed by atoms with Gasteiger partial charge in [0.25, 0.3) is 0 Å². The molecule has 1 aliphatic carbocycles. The fourth-order valence-electron chi connectivity index (χ4n) is 3.38. The van der Waals surface area contributed by atoms with Crippen LogP contribution in [0.4, 0.5) is 8.78 Å². The van der Waals surface area contributed by atoms with Crippen LogP contribution in [0.25, 0.3) is 0 Å². The summed E-state index contributed by atoms with van der Waals surface area (Å²) in [5, 5.41) is 9.09. The van der Waals surface area contributed by atoms with Crippen molar-refractivity contribution in [3.63, 3.8) is 0 Å². The summed E-state index contributed by atoms with van der Waals surface area (Å²) in [4.78, 5) is 4.32. The third kappa shape index (κ3) is 2.33. The lowest BCUT2D eigenvalue weighted by Crippen LogP contribution is -2.40. The number of hydrogen-bond donors (Lipinski definition) is 1. The summed E-state index contributed by atoms with van der Waals surface area (Å²) in [5.41, 5.74) is 4.87. The lowest BCUT2D eigenvalue weighted by atomic mass is 9.84. The highest BCUT2D eigenvalue weighted by Crippen LogP contribution is 2.68. The molecule has 2 aliphatic rings. The molecule has 1 aliphatic heterocycles. The molecule has 3 nitrogen and oxygen atoms in total. The van der Waals surface area contributed by atoms with Gasteiger partial charge in [0, 0.05) is 27.1 Å². The van der Waals surface area contributed by atoms with Crippen LogP contribution >= 0.6 is 27.7 Å². The number of amidine groups is 1. The number of thioether (sulfide) groups is 1. The molecule has 2 N–H and O–H groups in total. The van der Waals surface area contributed by atoms with Gasteiger partial charge >= 0.3 is 0 Å². The second-order valence-electron chi connectivity index (χ2n) is 5.71. The number of nitrogens with two attached hydrogens (primary N) is 1. The molecule has 3 rings (SSSR count). The largest absolute Gasteiger partial charge is 0.378 e. The predicted octanol–water partition coefficient (Wildman–Crippen LogP) is 3.88. The highest BCUT2D eigenvalue weighted by molar-refractivity contribution is 9.10. The Hall–Kier alpha value is -1.13. The minimum absolute atomic E-state index is 0.139. The lowest BCUT2D eigenvalue weighted by molar-refractivity contribution is 0.262. The lowest BCUT2D eigenvalue weighted by Gasteiger charge is -2.35. The predicted molar refractivity (Wildman–Crippen MR) is 86.7 cm³/mol. The Morgan fingerprint density at radius 1 is 1.55 bits per heavy atom. The average Bonchev–Trinajstić information content (AvgIpc) is 3.21. The second-order valence-corrected chi connectivity index (χ2v) is 8.06. The van der Waals surface area contributed by atoms with Crippen molar-refractivity contribution in [1.29, 1.82) is 5.26 Å². The summed E-state index contributed by atoms with van der Waals surface area (Å²) in [6.45, 7) is -0.805. The molecule has 0 aromatic heterocycles. The molecule has 0 saturated heterocycles. The fourth-order valence-corrected chi connectivity index (χ4v) is 5.15. The maximum Gasteiger partial charge on any atom is 0.155 e. The van der Waals surface area contributed by atoms with Crippen molar-refractivity contribution < 1.29 is 8.78 Å². The molecule has 7 heteroatoms. The number of nitrogens with zero attached hydrogens (tertiary/aromatic N) is 2. The van der Waals surface area contributed by atoms with Crippen molar-refractivity contribution in [1.82, 2.24) is 0 Å². The van der Waals surface area contributed by atoms with Gasteiger partial charge in [-0.15, -0.1) is 0 Å². The molecule has 3 atom stereocenters. The van der Waals surface area contributed by atoms with Crippen LogP contribution in [0.15, 0.2) is 27.7 Å². The number of aliphatic imine (C=N–C) groups is 1. The smallest absolute Gasteiger partial charge is 0.155 e. The van der Waals surface area contributed by atoms with Crippen molar-refractivity contribution in [2.75, 3.05) is 6.67 Å². The van der Waals surface area contributed by atoms with Crippen molar-refractivity contribution in [2.45, 2.75) is 29.5 Å². The van der Waals surface area contributed by atoms with Crippen molar-refractivity contribution in [3.05, 3.63) is 34.1 Å². The first kappa shape index (κ1) is 15.8. The first-order chi connectivity index (χ1) is 10.5. The minimum atomic E-state index is -1.28. The number of benzene rings is 1. The van der Waals surface area contributed by atoms with Gasteiger partial charge in [-0.3, -0.25) is 0 Å². The number of halogens is 3. The van der Waals surface area contributed by atoms with Crippen LogP contribution in [0.5, 0.6) is 0 Å². The third-order valence-corrected chi connectivity index (χ3v) is 6.33. The molecule has 22 heavy (non-hydrogen) atoms. The van der Waals surface area contributed by atoms with Gasteiger partial charge in [0.15, 0.2) is 5.17 Å². The molecule has 1 heterocycles. The van der Waals surface area contributed by atoms with E-state index in [1.807, 2.05) is 0 Å². The summed E-state index contributed by atoms with van der Waals surface area (Å²) in [7, 11) is 0. The zero-order chi connectivity index (χ0) is 16.0. The molecule has 0 amide bonds. The van der Waals surface area contributed by atoms with Gasteiger partial charge in [-0.05, 0) is 31.0 Å². The van der Waals surface area contributed by atoms with Crippen LogP contribution in [-0.2, 0) is 5.54 Å². The fraction of sp³-hybridized carbons (Fsp3) is 0.467. The van der Waals surface area contributed by atoms with Gasteiger partial charge in [0.1, 0.15) is 18.0 Å². The Morgan fingerprint density at radius 3 is 3.00 bits per heavy atom. The van der Waals surface area contributed by atoms with E-state index in [0.717, 1.165) is 0 Å². The summed E-state index contributed by atoms with van der Waals surface area (Å²) >= 11 is 4.70. The van der Waals surface area contributed by atoms with Crippen molar-refractivity contribution in [3.8, 4) is 6.07 Å². The Bertz CT molecular complexity index is 690. The molecule has 0 radical (unpaired) electrons. The first-order valence-corrected chi connectivity index (χ1v) is 8.51. The maximum atomic E-state index is 14.3. The molecule has 1 saturated carbocycles. The molecule has 1 fully saturated rings. The zero-order valence-electron chi connectivity index (χ0n) is 11.7. The van der Waals surface area contributed by atoms with Gasteiger partial charge in [0.2, 0.25) is 0 Å². The Kier molecular flexibility index (Phi) is 3.94. The molecule has 0 bridgehead atoms. The number of hydrogen-bond acceptors (Lipinski definition) is 4. The summed E-state index contributed by atoms with van der Waals surface area (Å²) in [5.74, 6) is -0.621. The highest BCUT2D eigenvalue weighted by Gasteiger charge is 2.67. The van der Waals surface area contributed by atoms with E-state index in [1.54, 1.807) is 12.1 Å². The second kappa shape index (κ2) is 5.50. The highest BCUT2D eigenvalue weighted by atomic mass is 79.9.